The van der Waals surface area contributed by atoms with Crippen molar-refractivity contribution in [3.63, 3.8) is 0 Å². The number of nitrogens with one attached hydrogen (secondary N) is 2. The molecule has 0 unspecified atom stereocenters. The summed E-state index contributed by atoms with van der Waals surface area (Å²) in [6, 6.07) is 12.1. The molecule has 1 fully saturated rings. The fourth-order valence-electron chi connectivity index (χ4n) is 4.89. The topological polar surface area (TPSA) is 130 Å². The first kappa shape index (κ1) is 28.8. The molecule has 1 aliphatic carbocycles. The standard InChI is InChI=1S/C29H36BrN5O4/c1-29(2,3)39-28(38)32-16-19-4-8-20(9-5-19)26(36)35(23-13-10-21-17-33-34-25(21)15-23)27(37)24(31)14-18-6-11-22(30)12-7-18/h6-7,10-13,15,17,19-20,24H,4-5,8-9,14,16,31H2,1-3H3,(H,32,38)(H,33,34)/t19-,20-,24-/m0/s1. The van der Waals surface area contributed by atoms with Crippen LogP contribution in [0.1, 0.15) is 52.0 Å². The zero-order valence-corrected chi connectivity index (χ0v) is 24.2. The van der Waals surface area contributed by atoms with Gasteiger partial charge in [-0.25, -0.2) is 9.69 Å². The van der Waals surface area contributed by atoms with Crippen molar-refractivity contribution >= 4 is 50.4 Å². The monoisotopic (exact) mass is 597 g/mol. The molecule has 2 aromatic carbocycles. The number of carbonyl (C=O) groups is 3. The maximum atomic E-state index is 13.9. The highest BCUT2D eigenvalue weighted by Crippen LogP contribution is 2.32. The van der Waals surface area contributed by atoms with E-state index in [1.807, 2.05) is 51.1 Å². The number of halogens is 1. The number of benzene rings is 2. The maximum absolute atomic E-state index is 13.9. The van der Waals surface area contributed by atoms with Crippen LogP contribution in [0.25, 0.3) is 10.9 Å². The van der Waals surface area contributed by atoms with E-state index in [-0.39, 0.29) is 17.7 Å². The Bertz CT molecular complexity index is 1310. The lowest BCUT2D eigenvalue weighted by molar-refractivity contribution is -0.130. The van der Waals surface area contributed by atoms with Gasteiger partial charge < -0.3 is 15.8 Å². The molecule has 3 aromatic rings. The fourth-order valence-corrected chi connectivity index (χ4v) is 5.16. The van der Waals surface area contributed by atoms with E-state index in [4.69, 9.17) is 10.5 Å². The lowest BCUT2D eigenvalue weighted by Gasteiger charge is -2.32. The van der Waals surface area contributed by atoms with Gasteiger partial charge in [-0.2, -0.15) is 5.10 Å². The SMILES string of the molecule is CC(C)(C)OC(=O)NC[C@H]1CC[C@H](C(=O)N(C(=O)[C@@H](N)Cc2ccc(Br)cc2)c2ccc3cn[nH]c3c2)CC1. The molecule has 0 saturated heterocycles. The molecule has 1 heterocycles. The van der Waals surface area contributed by atoms with Crippen molar-refractivity contribution < 1.29 is 19.1 Å². The van der Waals surface area contributed by atoms with Gasteiger partial charge in [-0.05, 0) is 94.7 Å². The minimum Gasteiger partial charge on any atom is -0.444 e. The zero-order chi connectivity index (χ0) is 28.2. The van der Waals surface area contributed by atoms with Crippen LogP contribution >= 0.6 is 15.9 Å². The van der Waals surface area contributed by atoms with Gasteiger partial charge in [0, 0.05) is 22.3 Å². The van der Waals surface area contributed by atoms with Gasteiger partial charge in [0.05, 0.1) is 23.4 Å². The predicted molar refractivity (Wildman–Crippen MR) is 154 cm³/mol. The summed E-state index contributed by atoms with van der Waals surface area (Å²) in [4.78, 5) is 40.9. The van der Waals surface area contributed by atoms with Gasteiger partial charge >= 0.3 is 6.09 Å². The molecule has 39 heavy (non-hydrogen) atoms. The van der Waals surface area contributed by atoms with Gasteiger partial charge in [0.1, 0.15) is 5.60 Å². The zero-order valence-electron chi connectivity index (χ0n) is 22.6. The molecule has 4 rings (SSSR count). The first-order chi connectivity index (χ1) is 18.5. The highest BCUT2D eigenvalue weighted by Gasteiger charge is 2.35. The molecule has 0 aliphatic heterocycles. The molecular weight excluding hydrogens is 562 g/mol. The van der Waals surface area contributed by atoms with E-state index in [0.717, 1.165) is 33.8 Å². The summed E-state index contributed by atoms with van der Waals surface area (Å²) >= 11 is 3.42. The van der Waals surface area contributed by atoms with E-state index in [2.05, 4.69) is 31.4 Å². The van der Waals surface area contributed by atoms with Crippen LogP contribution < -0.4 is 16.0 Å². The Morgan fingerprint density at radius 1 is 1.13 bits per heavy atom. The van der Waals surface area contributed by atoms with E-state index in [1.54, 1.807) is 18.3 Å². The van der Waals surface area contributed by atoms with Gasteiger partial charge in [0.25, 0.3) is 5.91 Å². The first-order valence-electron chi connectivity index (χ1n) is 13.3. The Labute approximate surface area is 237 Å². The number of hydrogen-bond donors (Lipinski definition) is 3. The number of rotatable bonds is 7. The number of aromatic amines is 1. The predicted octanol–water partition coefficient (Wildman–Crippen LogP) is 5.09. The molecule has 1 atom stereocenters. The number of alkyl carbamates (subject to hydrolysis) is 1. The Kier molecular flexibility index (Phi) is 9.07. The van der Waals surface area contributed by atoms with Crippen molar-refractivity contribution in [1.29, 1.82) is 0 Å². The highest BCUT2D eigenvalue weighted by atomic mass is 79.9. The van der Waals surface area contributed by atoms with Crippen LogP contribution in [0, 0.1) is 11.8 Å². The van der Waals surface area contributed by atoms with Crippen molar-refractivity contribution in [1.82, 2.24) is 15.5 Å². The minimum absolute atomic E-state index is 0.242. The lowest BCUT2D eigenvalue weighted by atomic mass is 9.81. The molecule has 9 nitrogen and oxygen atoms in total. The van der Waals surface area contributed by atoms with Crippen LogP contribution in [-0.4, -0.2) is 46.3 Å². The molecule has 1 aliphatic rings. The van der Waals surface area contributed by atoms with E-state index in [0.29, 0.717) is 31.5 Å². The normalized spacial score (nSPS) is 18.4. The second-order valence-electron chi connectivity index (χ2n) is 11.2. The molecule has 1 aromatic heterocycles. The van der Waals surface area contributed by atoms with Gasteiger partial charge in [0.2, 0.25) is 5.91 Å². The Morgan fingerprint density at radius 3 is 2.49 bits per heavy atom. The number of hydrogen-bond acceptors (Lipinski definition) is 6. The molecule has 0 radical (unpaired) electrons. The number of fused-ring (bicyclic) bond motifs is 1. The Morgan fingerprint density at radius 2 is 1.82 bits per heavy atom. The summed E-state index contributed by atoms with van der Waals surface area (Å²) in [5.41, 5.74) is 7.96. The quantitative estimate of drug-likeness (QED) is 0.348. The summed E-state index contributed by atoms with van der Waals surface area (Å²) in [7, 11) is 0. The number of H-pyrrole nitrogens is 1. The third-order valence-corrected chi connectivity index (χ3v) is 7.47. The van der Waals surface area contributed by atoms with Crippen LogP contribution in [0.4, 0.5) is 10.5 Å². The Hall–Kier alpha value is -3.24. The molecule has 0 bridgehead atoms. The van der Waals surface area contributed by atoms with Crippen molar-refractivity contribution in [2.75, 3.05) is 11.4 Å². The summed E-state index contributed by atoms with van der Waals surface area (Å²) in [5, 5.41) is 10.7. The van der Waals surface area contributed by atoms with Crippen LogP contribution in [0.2, 0.25) is 0 Å². The summed E-state index contributed by atoms with van der Waals surface area (Å²) in [6.07, 6.45) is 4.34. The second kappa shape index (κ2) is 12.3. The average Bonchev–Trinajstić information content (AvgIpc) is 3.36. The number of anilines is 1. The summed E-state index contributed by atoms with van der Waals surface area (Å²) in [6.45, 7) is 5.97. The van der Waals surface area contributed by atoms with Crippen LogP contribution in [0.3, 0.4) is 0 Å². The number of amides is 3. The van der Waals surface area contributed by atoms with E-state index < -0.39 is 23.6 Å². The molecule has 10 heteroatoms. The number of nitrogens with two attached hydrogens (primary N) is 1. The van der Waals surface area contributed by atoms with Crippen molar-refractivity contribution in [3.05, 3.63) is 58.7 Å². The third-order valence-electron chi connectivity index (χ3n) is 6.94. The van der Waals surface area contributed by atoms with Gasteiger partial charge in [-0.15, -0.1) is 0 Å². The number of imide groups is 1. The molecule has 3 amide bonds. The van der Waals surface area contributed by atoms with Crippen molar-refractivity contribution in [2.24, 2.45) is 17.6 Å². The molecule has 208 valence electrons. The molecule has 0 spiro atoms. The number of ether oxygens (including phenoxy) is 1. The van der Waals surface area contributed by atoms with Gasteiger partial charge in [-0.1, -0.05) is 28.1 Å². The minimum atomic E-state index is -0.887. The summed E-state index contributed by atoms with van der Waals surface area (Å²) < 4.78 is 6.26. The number of aromatic nitrogens is 2. The van der Waals surface area contributed by atoms with E-state index >= 15 is 0 Å². The molecular formula is C29H36BrN5O4. The highest BCUT2D eigenvalue weighted by molar-refractivity contribution is 9.10. The average molecular weight is 599 g/mol. The smallest absolute Gasteiger partial charge is 0.407 e. The largest absolute Gasteiger partial charge is 0.444 e. The van der Waals surface area contributed by atoms with Crippen LogP contribution in [0.5, 0.6) is 0 Å². The van der Waals surface area contributed by atoms with E-state index in [1.165, 1.54) is 4.90 Å². The second-order valence-corrected chi connectivity index (χ2v) is 12.1. The van der Waals surface area contributed by atoms with Gasteiger partial charge in [-0.3, -0.25) is 14.7 Å². The van der Waals surface area contributed by atoms with Crippen molar-refractivity contribution in [2.45, 2.75) is 64.5 Å². The van der Waals surface area contributed by atoms with E-state index in [9.17, 15) is 14.4 Å². The lowest BCUT2D eigenvalue weighted by Crippen LogP contribution is -2.50. The van der Waals surface area contributed by atoms with Crippen molar-refractivity contribution in [3.8, 4) is 0 Å². The number of nitrogens with zero attached hydrogens (tertiary/aromatic N) is 2. The third kappa shape index (κ3) is 7.67. The molecule has 1 saturated carbocycles. The Balaban J connectivity index is 1.46. The summed E-state index contributed by atoms with van der Waals surface area (Å²) in [5.74, 6) is -0.755. The fraction of sp³-hybridized carbons (Fsp3) is 0.448. The first-order valence-corrected chi connectivity index (χ1v) is 14.1. The van der Waals surface area contributed by atoms with Gasteiger partial charge in [0.15, 0.2) is 0 Å². The van der Waals surface area contributed by atoms with Crippen LogP contribution in [-0.2, 0) is 20.7 Å². The molecule has 4 N–H and O–H groups in total. The van der Waals surface area contributed by atoms with Crippen LogP contribution in [0.15, 0.2) is 53.1 Å². The maximum Gasteiger partial charge on any atom is 0.407 e. The number of carbonyl (C=O) groups excluding carboxylic acids is 3.